The molecule has 1 aromatic carbocycles. The van der Waals surface area contributed by atoms with E-state index >= 15 is 0 Å². The number of benzene rings is 1. The number of aliphatic hydroxyl groups excluding tert-OH is 1. The molecule has 5 heteroatoms. The predicted octanol–water partition coefficient (Wildman–Crippen LogP) is 2.01. The van der Waals surface area contributed by atoms with E-state index in [1.807, 2.05) is 32.0 Å². The Labute approximate surface area is 124 Å². The van der Waals surface area contributed by atoms with Gasteiger partial charge in [-0.2, -0.15) is 0 Å². The minimum atomic E-state index is -0.102. The third-order valence-corrected chi connectivity index (χ3v) is 3.41. The molecule has 0 saturated carbocycles. The van der Waals surface area contributed by atoms with Crippen molar-refractivity contribution in [2.24, 2.45) is 0 Å². The number of nitrogens with zero attached hydrogens (tertiary/aromatic N) is 2. The van der Waals surface area contributed by atoms with E-state index in [-0.39, 0.29) is 12.5 Å². The number of aryl methyl sites for hydroxylation is 1. The monoisotopic (exact) mass is 288 g/mol. The maximum Gasteiger partial charge on any atom is 0.254 e. The van der Waals surface area contributed by atoms with Gasteiger partial charge in [0.1, 0.15) is 5.75 Å². The van der Waals surface area contributed by atoms with Gasteiger partial charge < -0.3 is 14.7 Å². The third kappa shape index (κ3) is 3.13. The van der Waals surface area contributed by atoms with Gasteiger partial charge in [0.25, 0.3) is 5.91 Å². The molecule has 0 fully saturated rings. The highest BCUT2D eigenvalue weighted by atomic mass is 16.5. The summed E-state index contributed by atoms with van der Waals surface area (Å²) in [6.45, 7) is 4.58. The number of likely N-dealkylation sites (N-methyl/N-ethyl adjacent to an activating group) is 1. The summed E-state index contributed by atoms with van der Waals surface area (Å²) in [4.78, 5) is 18.7. The van der Waals surface area contributed by atoms with Crippen LogP contribution >= 0.6 is 0 Å². The lowest BCUT2D eigenvalue weighted by molar-refractivity contribution is 0.0734. The molecule has 0 spiro atoms. The van der Waals surface area contributed by atoms with Crippen molar-refractivity contribution in [3.8, 4) is 5.75 Å². The number of rotatable bonds is 5. The Hall–Kier alpha value is -2.14. The topological polar surface area (TPSA) is 62.7 Å². The SMILES string of the molecule is CCN(CCO)C(=O)c1cc(C)nc2ccc(OC)cc12. The van der Waals surface area contributed by atoms with Crippen LogP contribution in [-0.2, 0) is 0 Å². The van der Waals surface area contributed by atoms with Gasteiger partial charge in [-0.05, 0) is 38.1 Å². The molecule has 0 atom stereocenters. The van der Waals surface area contributed by atoms with Gasteiger partial charge >= 0.3 is 0 Å². The fourth-order valence-electron chi connectivity index (χ4n) is 2.34. The number of carbonyl (C=O) groups excluding carboxylic acids is 1. The normalized spacial score (nSPS) is 10.7. The molecule has 0 aliphatic carbocycles. The molecule has 0 aliphatic heterocycles. The number of methoxy groups -OCH3 is 1. The van der Waals surface area contributed by atoms with Crippen LogP contribution in [0.2, 0.25) is 0 Å². The van der Waals surface area contributed by atoms with Crippen molar-refractivity contribution in [1.29, 1.82) is 0 Å². The average molecular weight is 288 g/mol. The van der Waals surface area contributed by atoms with Crippen LogP contribution in [0.3, 0.4) is 0 Å². The minimum absolute atomic E-state index is 0.0507. The number of carbonyl (C=O) groups is 1. The molecule has 0 aliphatic rings. The van der Waals surface area contributed by atoms with Crippen LogP contribution in [0.4, 0.5) is 0 Å². The molecule has 21 heavy (non-hydrogen) atoms. The molecule has 0 saturated heterocycles. The molecule has 0 bridgehead atoms. The van der Waals surface area contributed by atoms with E-state index < -0.39 is 0 Å². The Balaban J connectivity index is 2.57. The number of aliphatic hydroxyl groups is 1. The van der Waals surface area contributed by atoms with Crippen LogP contribution in [0.1, 0.15) is 23.0 Å². The first-order valence-electron chi connectivity index (χ1n) is 6.96. The zero-order valence-corrected chi connectivity index (χ0v) is 12.6. The van der Waals surface area contributed by atoms with E-state index in [1.165, 1.54) is 0 Å². The van der Waals surface area contributed by atoms with Gasteiger partial charge in [0.2, 0.25) is 0 Å². The Morgan fingerprint density at radius 3 is 2.76 bits per heavy atom. The molecular formula is C16H20N2O3. The van der Waals surface area contributed by atoms with Crippen molar-refractivity contribution in [3.63, 3.8) is 0 Å². The van der Waals surface area contributed by atoms with E-state index in [2.05, 4.69) is 4.98 Å². The molecule has 1 heterocycles. The highest BCUT2D eigenvalue weighted by molar-refractivity contribution is 6.06. The number of hydrogen-bond donors (Lipinski definition) is 1. The fourth-order valence-corrected chi connectivity index (χ4v) is 2.34. The van der Waals surface area contributed by atoms with Crippen LogP contribution < -0.4 is 4.74 Å². The van der Waals surface area contributed by atoms with E-state index in [0.717, 1.165) is 16.6 Å². The largest absolute Gasteiger partial charge is 0.497 e. The molecule has 2 aromatic rings. The molecule has 5 nitrogen and oxygen atoms in total. The first-order chi connectivity index (χ1) is 10.1. The van der Waals surface area contributed by atoms with E-state index in [1.54, 1.807) is 18.1 Å². The summed E-state index contributed by atoms with van der Waals surface area (Å²) in [7, 11) is 1.59. The van der Waals surface area contributed by atoms with Gasteiger partial charge in [0, 0.05) is 24.2 Å². The van der Waals surface area contributed by atoms with Crippen molar-refractivity contribution in [2.45, 2.75) is 13.8 Å². The predicted molar refractivity (Wildman–Crippen MR) is 81.7 cm³/mol. The molecule has 1 aromatic heterocycles. The second-order valence-corrected chi connectivity index (χ2v) is 4.80. The van der Waals surface area contributed by atoms with Gasteiger partial charge in [-0.3, -0.25) is 9.78 Å². The smallest absolute Gasteiger partial charge is 0.254 e. The second kappa shape index (κ2) is 6.54. The maximum absolute atomic E-state index is 12.7. The van der Waals surface area contributed by atoms with Crippen molar-refractivity contribution in [1.82, 2.24) is 9.88 Å². The Bertz CT molecular complexity index is 655. The molecule has 1 N–H and O–H groups in total. The lowest BCUT2D eigenvalue weighted by Crippen LogP contribution is -2.33. The van der Waals surface area contributed by atoms with Gasteiger partial charge in [0.05, 0.1) is 24.8 Å². The Morgan fingerprint density at radius 1 is 1.38 bits per heavy atom. The van der Waals surface area contributed by atoms with Gasteiger partial charge in [-0.15, -0.1) is 0 Å². The molecule has 112 valence electrons. The van der Waals surface area contributed by atoms with Crippen molar-refractivity contribution < 1.29 is 14.6 Å². The standard InChI is InChI=1S/C16H20N2O3/c1-4-18(7-8-19)16(20)14-9-11(2)17-15-6-5-12(21-3)10-13(14)15/h5-6,9-10,19H,4,7-8H2,1-3H3. The van der Waals surface area contributed by atoms with Gasteiger partial charge in [-0.25, -0.2) is 0 Å². The average Bonchev–Trinajstić information content (AvgIpc) is 2.50. The molecule has 2 rings (SSSR count). The molecule has 0 radical (unpaired) electrons. The Kier molecular flexibility index (Phi) is 4.75. The van der Waals surface area contributed by atoms with E-state index in [4.69, 9.17) is 9.84 Å². The van der Waals surface area contributed by atoms with Crippen LogP contribution in [-0.4, -0.2) is 47.7 Å². The highest BCUT2D eigenvalue weighted by Crippen LogP contribution is 2.24. The summed E-state index contributed by atoms with van der Waals surface area (Å²) in [5.41, 5.74) is 2.14. The maximum atomic E-state index is 12.7. The summed E-state index contributed by atoms with van der Waals surface area (Å²) >= 11 is 0. The zero-order chi connectivity index (χ0) is 15.4. The number of ether oxygens (including phenoxy) is 1. The molecule has 0 unspecified atom stereocenters. The van der Waals surface area contributed by atoms with E-state index in [0.29, 0.717) is 24.4 Å². The van der Waals surface area contributed by atoms with Crippen LogP contribution in [0.5, 0.6) is 5.75 Å². The van der Waals surface area contributed by atoms with Crippen LogP contribution in [0, 0.1) is 6.92 Å². The minimum Gasteiger partial charge on any atom is -0.497 e. The van der Waals surface area contributed by atoms with Crippen LogP contribution in [0.25, 0.3) is 10.9 Å². The number of aromatic nitrogens is 1. The summed E-state index contributed by atoms with van der Waals surface area (Å²) in [6.07, 6.45) is 0. The van der Waals surface area contributed by atoms with Crippen LogP contribution in [0.15, 0.2) is 24.3 Å². The number of fused-ring (bicyclic) bond motifs is 1. The number of amides is 1. The Morgan fingerprint density at radius 2 is 2.14 bits per heavy atom. The summed E-state index contributed by atoms with van der Waals surface area (Å²) in [6, 6.07) is 7.28. The van der Waals surface area contributed by atoms with Crippen molar-refractivity contribution in [3.05, 3.63) is 35.5 Å². The fraction of sp³-hybridized carbons (Fsp3) is 0.375. The summed E-state index contributed by atoms with van der Waals surface area (Å²) < 4.78 is 5.23. The number of hydrogen-bond acceptors (Lipinski definition) is 4. The van der Waals surface area contributed by atoms with E-state index in [9.17, 15) is 4.79 Å². The lowest BCUT2D eigenvalue weighted by atomic mass is 10.1. The number of pyridine rings is 1. The lowest BCUT2D eigenvalue weighted by Gasteiger charge is -2.21. The van der Waals surface area contributed by atoms with Gasteiger partial charge in [-0.1, -0.05) is 0 Å². The van der Waals surface area contributed by atoms with Crippen molar-refractivity contribution >= 4 is 16.8 Å². The summed E-state index contributed by atoms with van der Waals surface area (Å²) in [5.74, 6) is 0.586. The molecule has 1 amide bonds. The van der Waals surface area contributed by atoms with Crippen molar-refractivity contribution in [2.75, 3.05) is 26.8 Å². The highest BCUT2D eigenvalue weighted by Gasteiger charge is 2.18. The second-order valence-electron chi connectivity index (χ2n) is 4.80. The molecular weight excluding hydrogens is 268 g/mol. The third-order valence-electron chi connectivity index (χ3n) is 3.41. The first kappa shape index (κ1) is 15.3. The first-order valence-corrected chi connectivity index (χ1v) is 6.96. The quantitative estimate of drug-likeness (QED) is 0.914. The summed E-state index contributed by atoms with van der Waals surface area (Å²) in [5, 5.41) is 9.85. The zero-order valence-electron chi connectivity index (χ0n) is 12.6. The van der Waals surface area contributed by atoms with Gasteiger partial charge in [0.15, 0.2) is 0 Å².